The average Bonchev–Trinajstić information content (AvgIpc) is 2.73. The van der Waals surface area contributed by atoms with Gasteiger partial charge in [-0.3, -0.25) is 0 Å². The van der Waals surface area contributed by atoms with Crippen molar-refractivity contribution in [2.24, 2.45) is 0 Å². The molecule has 1 rings (SSSR count). The molecule has 0 saturated carbocycles. The van der Waals surface area contributed by atoms with Crippen LogP contribution in [0.4, 0.5) is 4.79 Å². The van der Waals surface area contributed by atoms with Gasteiger partial charge in [0.25, 0.3) is 0 Å². The standard InChI is InChI=1S/C16H32N2O/c1-4-5-6-7-8-9-10-11-12-15(2)18-14-13-17(3)16(18)19/h15H,4-14H2,1-3H3. The van der Waals surface area contributed by atoms with Gasteiger partial charge in [0.15, 0.2) is 0 Å². The molecular weight excluding hydrogens is 236 g/mol. The largest absolute Gasteiger partial charge is 0.326 e. The normalized spacial score (nSPS) is 17.3. The molecule has 1 aliphatic heterocycles. The van der Waals surface area contributed by atoms with Crippen LogP contribution in [0.5, 0.6) is 0 Å². The summed E-state index contributed by atoms with van der Waals surface area (Å²) in [6.45, 7) is 6.25. The van der Waals surface area contributed by atoms with Gasteiger partial charge in [-0.25, -0.2) is 4.79 Å². The summed E-state index contributed by atoms with van der Waals surface area (Å²) in [6, 6.07) is 0.629. The zero-order valence-corrected chi connectivity index (χ0v) is 13.2. The van der Waals surface area contributed by atoms with Crippen molar-refractivity contribution in [3.8, 4) is 0 Å². The number of hydrogen-bond donors (Lipinski definition) is 0. The van der Waals surface area contributed by atoms with Gasteiger partial charge in [0.1, 0.15) is 0 Å². The van der Waals surface area contributed by atoms with Crippen LogP contribution in [-0.4, -0.2) is 42.0 Å². The third kappa shape index (κ3) is 5.84. The van der Waals surface area contributed by atoms with Gasteiger partial charge in [0.05, 0.1) is 0 Å². The van der Waals surface area contributed by atoms with Crippen LogP contribution in [0.2, 0.25) is 0 Å². The number of hydrogen-bond acceptors (Lipinski definition) is 1. The molecule has 1 heterocycles. The van der Waals surface area contributed by atoms with Crippen LogP contribution in [-0.2, 0) is 0 Å². The lowest BCUT2D eigenvalue weighted by molar-refractivity contribution is 0.182. The molecule has 0 aliphatic carbocycles. The van der Waals surface area contributed by atoms with Crippen molar-refractivity contribution in [2.75, 3.05) is 20.1 Å². The molecule has 1 aliphatic rings. The first-order valence-corrected chi connectivity index (χ1v) is 8.18. The van der Waals surface area contributed by atoms with E-state index in [9.17, 15) is 4.79 Å². The number of urea groups is 1. The topological polar surface area (TPSA) is 23.6 Å². The number of rotatable bonds is 10. The highest BCUT2D eigenvalue weighted by Gasteiger charge is 2.28. The summed E-state index contributed by atoms with van der Waals surface area (Å²) in [6.07, 6.45) is 12.0. The predicted octanol–water partition coefficient (Wildman–Crippen LogP) is 4.27. The summed E-state index contributed by atoms with van der Waals surface area (Å²) in [5, 5.41) is 0. The molecule has 1 atom stereocenters. The molecule has 19 heavy (non-hydrogen) atoms. The van der Waals surface area contributed by atoms with E-state index in [1.54, 1.807) is 0 Å². The highest BCUT2D eigenvalue weighted by Crippen LogP contribution is 2.16. The van der Waals surface area contributed by atoms with Crippen LogP contribution in [0.1, 0.15) is 71.6 Å². The fourth-order valence-corrected chi connectivity index (χ4v) is 2.81. The lowest BCUT2D eigenvalue weighted by Gasteiger charge is -2.23. The van der Waals surface area contributed by atoms with Gasteiger partial charge >= 0.3 is 6.03 Å². The molecule has 2 amide bonds. The summed E-state index contributed by atoms with van der Waals surface area (Å²) in [5.74, 6) is 0. The number of amides is 2. The van der Waals surface area contributed by atoms with Gasteiger partial charge in [-0.1, -0.05) is 58.3 Å². The van der Waals surface area contributed by atoms with E-state index in [0.717, 1.165) is 19.5 Å². The lowest BCUT2D eigenvalue weighted by atomic mass is 10.0. The van der Waals surface area contributed by atoms with Gasteiger partial charge in [-0.2, -0.15) is 0 Å². The maximum Gasteiger partial charge on any atom is 0.320 e. The predicted molar refractivity (Wildman–Crippen MR) is 81.4 cm³/mol. The molecule has 0 spiro atoms. The molecule has 0 aromatic heterocycles. The molecule has 3 nitrogen and oxygen atoms in total. The van der Waals surface area contributed by atoms with Gasteiger partial charge in [0.2, 0.25) is 0 Å². The van der Waals surface area contributed by atoms with E-state index < -0.39 is 0 Å². The molecule has 1 unspecified atom stereocenters. The SMILES string of the molecule is CCCCCCCCCCC(C)N1CCN(C)C1=O. The minimum Gasteiger partial charge on any atom is -0.326 e. The summed E-state index contributed by atoms with van der Waals surface area (Å²) < 4.78 is 0. The van der Waals surface area contributed by atoms with Crippen molar-refractivity contribution in [3.63, 3.8) is 0 Å². The first-order chi connectivity index (χ1) is 9.16. The maximum absolute atomic E-state index is 11.8. The Morgan fingerprint density at radius 1 is 1.00 bits per heavy atom. The van der Waals surface area contributed by atoms with Crippen molar-refractivity contribution >= 4 is 6.03 Å². The second kappa shape index (κ2) is 9.22. The summed E-state index contributed by atoms with van der Waals surface area (Å²) in [4.78, 5) is 15.7. The first-order valence-electron chi connectivity index (χ1n) is 8.18. The van der Waals surface area contributed by atoms with E-state index in [0.29, 0.717) is 6.04 Å². The third-order valence-electron chi connectivity index (χ3n) is 4.26. The van der Waals surface area contributed by atoms with Crippen molar-refractivity contribution < 1.29 is 4.79 Å². The Kier molecular flexibility index (Phi) is 7.92. The minimum absolute atomic E-state index is 0.215. The van der Waals surface area contributed by atoms with Crippen LogP contribution < -0.4 is 0 Å². The summed E-state index contributed by atoms with van der Waals surface area (Å²) in [5.41, 5.74) is 0. The maximum atomic E-state index is 11.8. The van der Waals surface area contributed by atoms with E-state index in [2.05, 4.69) is 13.8 Å². The fraction of sp³-hybridized carbons (Fsp3) is 0.938. The van der Waals surface area contributed by atoms with Crippen molar-refractivity contribution in [2.45, 2.75) is 77.7 Å². The van der Waals surface area contributed by atoms with Crippen LogP contribution >= 0.6 is 0 Å². The number of carbonyl (C=O) groups is 1. The zero-order chi connectivity index (χ0) is 14.1. The Balaban J connectivity index is 1.99. The van der Waals surface area contributed by atoms with E-state index in [1.165, 1.54) is 51.4 Å². The lowest BCUT2D eigenvalue weighted by Crippen LogP contribution is -2.36. The van der Waals surface area contributed by atoms with E-state index in [1.807, 2.05) is 16.8 Å². The minimum atomic E-state index is 0.215. The molecule has 3 heteroatoms. The third-order valence-corrected chi connectivity index (χ3v) is 4.26. The van der Waals surface area contributed by atoms with Crippen LogP contribution in [0.25, 0.3) is 0 Å². The number of carbonyl (C=O) groups excluding carboxylic acids is 1. The Morgan fingerprint density at radius 2 is 1.58 bits per heavy atom. The van der Waals surface area contributed by atoms with Crippen molar-refractivity contribution in [1.82, 2.24) is 9.80 Å². The van der Waals surface area contributed by atoms with Gasteiger partial charge in [-0.05, 0) is 13.3 Å². The van der Waals surface area contributed by atoms with Gasteiger partial charge in [-0.15, -0.1) is 0 Å². The van der Waals surface area contributed by atoms with Crippen LogP contribution in [0.3, 0.4) is 0 Å². The van der Waals surface area contributed by atoms with Crippen LogP contribution in [0, 0.1) is 0 Å². The Hall–Kier alpha value is -0.730. The number of unbranched alkanes of at least 4 members (excludes halogenated alkanes) is 7. The molecule has 0 aromatic carbocycles. The molecular formula is C16H32N2O. The molecule has 0 aromatic rings. The number of nitrogens with zero attached hydrogens (tertiary/aromatic N) is 2. The molecule has 0 bridgehead atoms. The van der Waals surface area contributed by atoms with Crippen LogP contribution in [0.15, 0.2) is 0 Å². The van der Waals surface area contributed by atoms with Crippen molar-refractivity contribution in [3.05, 3.63) is 0 Å². The second-order valence-corrected chi connectivity index (χ2v) is 6.01. The highest BCUT2D eigenvalue weighted by molar-refractivity contribution is 5.76. The average molecular weight is 268 g/mol. The Labute approximate surface area is 119 Å². The first kappa shape index (κ1) is 16.3. The molecule has 0 N–H and O–H groups in total. The van der Waals surface area contributed by atoms with E-state index in [-0.39, 0.29) is 6.03 Å². The smallest absolute Gasteiger partial charge is 0.320 e. The quantitative estimate of drug-likeness (QED) is 0.543. The monoisotopic (exact) mass is 268 g/mol. The van der Waals surface area contributed by atoms with Crippen molar-refractivity contribution in [1.29, 1.82) is 0 Å². The Morgan fingerprint density at radius 3 is 2.11 bits per heavy atom. The van der Waals surface area contributed by atoms with Gasteiger partial charge in [0, 0.05) is 26.2 Å². The Bertz CT molecular complexity index is 255. The summed E-state index contributed by atoms with van der Waals surface area (Å²) in [7, 11) is 1.89. The molecule has 1 saturated heterocycles. The highest BCUT2D eigenvalue weighted by atomic mass is 16.2. The molecule has 0 radical (unpaired) electrons. The summed E-state index contributed by atoms with van der Waals surface area (Å²) >= 11 is 0. The second-order valence-electron chi connectivity index (χ2n) is 6.01. The number of likely N-dealkylation sites (N-methyl/N-ethyl adjacent to an activating group) is 1. The molecule has 1 fully saturated rings. The van der Waals surface area contributed by atoms with Gasteiger partial charge < -0.3 is 9.80 Å². The fourth-order valence-electron chi connectivity index (χ4n) is 2.81. The van der Waals surface area contributed by atoms with E-state index in [4.69, 9.17) is 0 Å². The van der Waals surface area contributed by atoms with E-state index >= 15 is 0 Å². The zero-order valence-electron chi connectivity index (χ0n) is 13.2. The molecule has 112 valence electrons.